The first-order chi connectivity index (χ1) is 15.9. The second-order valence-corrected chi connectivity index (χ2v) is 9.20. The Bertz CT molecular complexity index is 1260. The number of thioether (sulfide) groups is 1. The number of nitrogens with two attached hydrogens (primary N) is 1. The van der Waals surface area contributed by atoms with Gasteiger partial charge >= 0.3 is 0 Å². The Morgan fingerprint density at radius 3 is 2.70 bits per heavy atom. The molecule has 10 heteroatoms. The number of nitrogens with zero attached hydrogens (tertiary/aromatic N) is 4. The van der Waals surface area contributed by atoms with Gasteiger partial charge in [0, 0.05) is 23.1 Å². The molecular weight excluding hydrogens is 456 g/mol. The van der Waals surface area contributed by atoms with E-state index in [4.69, 9.17) is 10.5 Å². The molecule has 0 saturated carbocycles. The van der Waals surface area contributed by atoms with Crippen molar-refractivity contribution in [3.8, 4) is 29.1 Å². The maximum absolute atomic E-state index is 12.4. The number of nitriles is 2. The number of nitrogen functional groups attached to an aromatic ring is 1. The molecule has 3 N–H and O–H groups in total. The van der Waals surface area contributed by atoms with Gasteiger partial charge in [-0.25, -0.2) is 9.97 Å². The zero-order valence-corrected chi connectivity index (χ0v) is 20.0. The SMILES string of the molecule is COc1cccc(-c2csc(NC(=O)CCSc3nc(N)c(C#N)c(C(C)C)c3C#N)n2)c1. The van der Waals surface area contributed by atoms with Gasteiger partial charge in [0.1, 0.15) is 28.7 Å². The summed E-state index contributed by atoms with van der Waals surface area (Å²) in [5.41, 5.74) is 8.76. The van der Waals surface area contributed by atoms with Gasteiger partial charge in [0.05, 0.1) is 23.9 Å². The van der Waals surface area contributed by atoms with Crippen molar-refractivity contribution in [3.63, 3.8) is 0 Å². The fourth-order valence-corrected chi connectivity index (χ4v) is 4.85. The van der Waals surface area contributed by atoms with E-state index in [-0.39, 0.29) is 29.6 Å². The van der Waals surface area contributed by atoms with E-state index in [0.717, 1.165) is 17.0 Å². The molecule has 0 radical (unpaired) electrons. The van der Waals surface area contributed by atoms with Gasteiger partial charge in [-0.05, 0) is 23.6 Å². The highest BCUT2D eigenvalue weighted by Gasteiger charge is 2.21. The third-order valence-corrected chi connectivity index (χ3v) is 6.45. The molecule has 33 heavy (non-hydrogen) atoms. The van der Waals surface area contributed by atoms with E-state index in [1.807, 2.05) is 49.6 Å². The quantitative estimate of drug-likeness (QED) is 0.441. The molecule has 3 rings (SSSR count). The van der Waals surface area contributed by atoms with Gasteiger partial charge in [-0.15, -0.1) is 23.1 Å². The smallest absolute Gasteiger partial charge is 0.226 e. The van der Waals surface area contributed by atoms with Crippen molar-refractivity contribution in [1.29, 1.82) is 10.5 Å². The van der Waals surface area contributed by atoms with Crippen LogP contribution in [0.3, 0.4) is 0 Å². The number of hydrogen-bond donors (Lipinski definition) is 2. The van der Waals surface area contributed by atoms with Crippen molar-refractivity contribution in [2.45, 2.75) is 31.2 Å². The maximum atomic E-state index is 12.4. The van der Waals surface area contributed by atoms with Crippen LogP contribution in [0.4, 0.5) is 10.9 Å². The lowest BCUT2D eigenvalue weighted by Crippen LogP contribution is -2.12. The molecule has 0 fully saturated rings. The zero-order chi connectivity index (χ0) is 24.0. The molecule has 2 heterocycles. The number of benzene rings is 1. The van der Waals surface area contributed by atoms with E-state index in [1.54, 1.807) is 7.11 Å². The van der Waals surface area contributed by atoms with E-state index in [2.05, 4.69) is 21.4 Å². The Kier molecular flexibility index (Phi) is 7.88. The fourth-order valence-electron chi connectivity index (χ4n) is 3.18. The Morgan fingerprint density at radius 2 is 2.03 bits per heavy atom. The van der Waals surface area contributed by atoms with Gasteiger partial charge < -0.3 is 15.8 Å². The van der Waals surface area contributed by atoms with Crippen LogP contribution in [0.1, 0.15) is 42.9 Å². The Balaban J connectivity index is 1.64. The summed E-state index contributed by atoms with van der Waals surface area (Å²) in [6.45, 7) is 3.79. The number of thiazole rings is 1. The number of hydrogen-bond acceptors (Lipinski definition) is 9. The van der Waals surface area contributed by atoms with Crippen LogP contribution in [-0.2, 0) is 4.79 Å². The summed E-state index contributed by atoms with van der Waals surface area (Å²) >= 11 is 2.61. The van der Waals surface area contributed by atoms with Crippen molar-refractivity contribution in [2.24, 2.45) is 0 Å². The fraction of sp³-hybridized carbons (Fsp3) is 0.261. The monoisotopic (exact) mass is 478 g/mol. The Morgan fingerprint density at radius 1 is 1.27 bits per heavy atom. The number of rotatable bonds is 8. The van der Waals surface area contributed by atoms with E-state index in [0.29, 0.717) is 27.0 Å². The summed E-state index contributed by atoms with van der Waals surface area (Å²) in [6.07, 6.45) is 0.197. The highest BCUT2D eigenvalue weighted by molar-refractivity contribution is 7.99. The molecule has 0 aliphatic rings. The molecule has 0 aliphatic carbocycles. The van der Waals surface area contributed by atoms with Crippen LogP contribution in [0.15, 0.2) is 34.7 Å². The minimum absolute atomic E-state index is 0.0640. The molecule has 0 aliphatic heterocycles. The third kappa shape index (κ3) is 5.61. The number of carbonyl (C=O) groups is 1. The first-order valence-electron chi connectivity index (χ1n) is 10.0. The number of aromatic nitrogens is 2. The summed E-state index contributed by atoms with van der Waals surface area (Å²) in [4.78, 5) is 21.1. The van der Waals surface area contributed by atoms with Gasteiger partial charge in [0.15, 0.2) is 5.13 Å². The average molecular weight is 479 g/mol. The summed E-state index contributed by atoms with van der Waals surface area (Å²) in [5.74, 6) is 0.964. The largest absolute Gasteiger partial charge is 0.497 e. The number of amides is 1. The van der Waals surface area contributed by atoms with Crippen LogP contribution in [-0.4, -0.2) is 28.7 Å². The minimum atomic E-state index is -0.196. The van der Waals surface area contributed by atoms with Gasteiger partial charge in [-0.3, -0.25) is 4.79 Å². The number of anilines is 2. The average Bonchev–Trinajstić information content (AvgIpc) is 3.27. The first-order valence-corrected chi connectivity index (χ1v) is 11.9. The predicted molar refractivity (Wildman–Crippen MR) is 130 cm³/mol. The summed E-state index contributed by atoms with van der Waals surface area (Å²) in [5, 5.41) is 24.7. The standard InChI is InChI=1S/C23H22N6O2S2/c1-13(2)20-16(10-24)21(26)29-22(17(20)11-25)32-8-7-19(30)28-23-27-18(12-33-23)14-5-4-6-15(9-14)31-3/h4-6,9,12-13H,7-8H2,1-3H3,(H2,26,29)(H,27,28,30). The van der Waals surface area contributed by atoms with E-state index >= 15 is 0 Å². The van der Waals surface area contributed by atoms with Crippen molar-refractivity contribution in [3.05, 3.63) is 46.3 Å². The van der Waals surface area contributed by atoms with E-state index < -0.39 is 0 Å². The molecule has 8 nitrogen and oxygen atoms in total. The van der Waals surface area contributed by atoms with Crippen molar-refractivity contribution < 1.29 is 9.53 Å². The molecule has 1 aromatic carbocycles. The Hall–Kier alpha value is -3.60. The molecule has 0 spiro atoms. The Labute approximate surface area is 200 Å². The number of carbonyl (C=O) groups excluding carboxylic acids is 1. The molecule has 0 unspecified atom stereocenters. The third-order valence-electron chi connectivity index (χ3n) is 4.72. The molecule has 0 atom stereocenters. The van der Waals surface area contributed by atoms with Gasteiger partial charge in [0.25, 0.3) is 0 Å². The molecular formula is C23H22N6O2S2. The number of ether oxygens (including phenoxy) is 1. The molecule has 3 aromatic rings. The molecule has 2 aromatic heterocycles. The second-order valence-electron chi connectivity index (χ2n) is 7.26. The van der Waals surface area contributed by atoms with Gasteiger partial charge in [0.2, 0.25) is 5.91 Å². The van der Waals surface area contributed by atoms with Gasteiger partial charge in [-0.1, -0.05) is 26.0 Å². The summed E-state index contributed by atoms with van der Waals surface area (Å²) in [7, 11) is 1.61. The molecule has 168 valence electrons. The summed E-state index contributed by atoms with van der Waals surface area (Å²) < 4.78 is 5.24. The molecule has 0 bridgehead atoms. The molecule has 1 amide bonds. The number of nitrogens with one attached hydrogen (secondary N) is 1. The highest BCUT2D eigenvalue weighted by atomic mass is 32.2. The van der Waals surface area contributed by atoms with Crippen LogP contribution in [0.25, 0.3) is 11.3 Å². The summed E-state index contributed by atoms with van der Waals surface area (Å²) in [6, 6.07) is 11.7. The lowest BCUT2D eigenvalue weighted by atomic mass is 9.94. The predicted octanol–water partition coefficient (Wildman–Crippen LogP) is 4.78. The number of pyridine rings is 1. The van der Waals surface area contributed by atoms with E-state index in [9.17, 15) is 15.3 Å². The van der Waals surface area contributed by atoms with Crippen molar-refractivity contribution in [2.75, 3.05) is 23.9 Å². The second kappa shape index (κ2) is 10.8. The first kappa shape index (κ1) is 24.1. The topological polar surface area (TPSA) is 138 Å². The lowest BCUT2D eigenvalue weighted by molar-refractivity contribution is -0.115. The van der Waals surface area contributed by atoms with Crippen molar-refractivity contribution in [1.82, 2.24) is 9.97 Å². The van der Waals surface area contributed by atoms with Crippen molar-refractivity contribution >= 4 is 40.0 Å². The van der Waals surface area contributed by atoms with Crippen LogP contribution in [0.5, 0.6) is 5.75 Å². The van der Waals surface area contributed by atoms with Crippen LogP contribution < -0.4 is 15.8 Å². The maximum Gasteiger partial charge on any atom is 0.226 e. The minimum Gasteiger partial charge on any atom is -0.497 e. The highest BCUT2D eigenvalue weighted by Crippen LogP contribution is 2.33. The van der Waals surface area contributed by atoms with Crippen LogP contribution >= 0.6 is 23.1 Å². The zero-order valence-electron chi connectivity index (χ0n) is 18.4. The molecule has 0 saturated heterocycles. The normalized spacial score (nSPS) is 10.5. The van der Waals surface area contributed by atoms with E-state index in [1.165, 1.54) is 23.1 Å². The lowest BCUT2D eigenvalue weighted by Gasteiger charge is -2.15. The van der Waals surface area contributed by atoms with Gasteiger partial charge in [-0.2, -0.15) is 10.5 Å². The van der Waals surface area contributed by atoms with Crippen LogP contribution in [0, 0.1) is 22.7 Å². The van der Waals surface area contributed by atoms with Crippen LogP contribution in [0.2, 0.25) is 0 Å². The number of methoxy groups -OCH3 is 1.